The number of hydrogen-bond donors (Lipinski definition) is 1. The number of anilines is 2. The molecule has 0 unspecified atom stereocenters. The van der Waals surface area contributed by atoms with Gasteiger partial charge in [0.05, 0.1) is 31.5 Å². The van der Waals surface area contributed by atoms with E-state index in [0.29, 0.717) is 18.1 Å². The number of carboxylic acids is 1. The van der Waals surface area contributed by atoms with Crippen LogP contribution in [-0.4, -0.2) is 55.4 Å². The minimum Gasteiger partial charge on any atom is -0.497 e. The van der Waals surface area contributed by atoms with Crippen LogP contribution in [0.15, 0.2) is 54.7 Å². The first-order valence-corrected chi connectivity index (χ1v) is 11.9. The molecule has 1 atom stereocenters. The predicted molar refractivity (Wildman–Crippen MR) is 136 cm³/mol. The molecule has 1 aliphatic heterocycles. The van der Waals surface area contributed by atoms with E-state index < -0.39 is 5.97 Å². The zero-order valence-corrected chi connectivity index (χ0v) is 20.5. The summed E-state index contributed by atoms with van der Waals surface area (Å²) < 4.78 is 11.1. The van der Waals surface area contributed by atoms with Gasteiger partial charge in [-0.15, -0.1) is 0 Å². The van der Waals surface area contributed by atoms with Crippen LogP contribution in [0.3, 0.4) is 0 Å². The Kier molecular flexibility index (Phi) is 7.70. The van der Waals surface area contributed by atoms with Crippen LogP contribution < -0.4 is 19.3 Å². The van der Waals surface area contributed by atoms with Crippen LogP contribution in [-0.2, 0) is 6.42 Å². The third-order valence-electron chi connectivity index (χ3n) is 6.50. The third-order valence-corrected chi connectivity index (χ3v) is 6.50. The lowest BCUT2D eigenvalue weighted by molar-refractivity contribution is 0.0694. The first-order valence-electron chi connectivity index (χ1n) is 11.9. The molecule has 8 heteroatoms. The van der Waals surface area contributed by atoms with Gasteiger partial charge in [0, 0.05) is 37.6 Å². The summed E-state index contributed by atoms with van der Waals surface area (Å²) in [6.07, 6.45) is 4.67. The second-order valence-electron chi connectivity index (χ2n) is 8.66. The number of hydrogen-bond acceptors (Lipinski definition) is 7. The lowest BCUT2D eigenvalue weighted by Crippen LogP contribution is -2.26. The number of methoxy groups -OCH3 is 2. The van der Waals surface area contributed by atoms with Crippen molar-refractivity contribution in [3.8, 4) is 11.5 Å². The fourth-order valence-electron chi connectivity index (χ4n) is 4.64. The Balaban J connectivity index is 1.56. The number of nitrogens with zero attached hydrogens (tertiary/aromatic N) is 4. The standard InChI is InChI=1S/C27H32N4O4/c1-30(19-9-5-4-6-10-19)15-7-11-23-22(26(32)33)18-28-27(29-23)31-16-8-12-24(31)21-17-20(34-2)13-14-25(21)35-3/h4-6,9-10,13-14,17-18,24H,7-8,11-12,15-16H2,1-3H3,(H,32,33)/t24-/m1/s1. The van der Waals surface area contributed by atoms with Crippen molar-refractivity contribution in [2.75, 3.05) is 44.2 Å². The third kappa shape index (κ3) is 5.48. The molecule has 4 rings (SSSR count). The van der Waals surface area contributed by atoms with Crippen molar-refractivity contribution in [3.63, 3.8) is 0 Å². The molecule has 1 N–H and O–H groups in total. The van der Waals surface area contributed by atoms with Gasteiger partial charge in [0.25, 0.3) is 0 Å². The van der Waals surface area contributed by atoms with Gasteiger partial charge in [0.1, 0.15) is 11.5 Å². The second-order valence-corrected chi connectivity index (χ2v) is 8.66. The maximum Gasteiger partial charge on any atom is 0.339 e. The SMILES string of the molecule is COc1ccc(OC)c([C@H]2CCCN2c2ncc(C(=O)O)c(CCCN(C)c3ccccc3)n2)c1. The maximum absolute atomic E-state index is 11.9. The van der Waals surface area contributed by atoms with Crippen molar-refractivity contribution < 1.29 is 19.4 Å². The number of carboxylic acid groups (broad SMARTS) is 1. The summed E-state index contributed by atoms with van der Waals surface area (Å²) in [4.78, 5) is 25.4. The van der Waals surface area contributed by atoms with Gasteiger partial charge in [-0.25, -0.2) is 14.8 Å². The van der Waals surface area contributed by atoms with Gasteiger partial charge >= 0.3 is 5.97 Å². The minimum atomic E-state index is -1.00. The summed E-state index contributed by atoms with van der Waals surface area (Å²) in [5.74, 6) is 1.09. The largest absolute Gasteiger partial charge is 0.497 e. The smallest absolute Gasteiger partial charge is 0.339 e. The predicted octanol–water partition coefficient (Wildman–Crippen LogP) is 4.60. The normalized spacial score (nSPS) is 15.2. The highest BCUT2D eigenvalue weighted by molar-refractivity contribution is 5.88. The summed E-state index contributed by atoms with van der Waals surface area (Å²) >= 11 is 0. The lowest BCUT2D eigenvalue weighted by atomic mass is 10.0. The number of para-hydroxylation sites is 1. The average molecular weight is 477 g/mol. The topological polar surface area (TPSA) is 88.0 Å². The molecule has 8 nitrogen and oxygen atoms in total. The van der Waals surface area contributed by atoms with Crippen LogP contribution in [0.1, 0.15) is 46.9 Å². The molecule has 0 radical (unpaired) electrons. The molecule has 0 spiro atoms. The van der Waals surface area contributed by atoms with Gasteiger partial charge in [-0.1, -0.05) is 18.2 Å². The monoisotopic (exact) mass is 476 g/mol. The summed E-state index contributed by atoms with van der Waals surface area (Å²) in [5, 5.41) is 9.73. The second kappa shape index (κ2) is 11.1. The van der Waals surface area contributed by atoms with E-state index in [9.17, 15) is 9.90 Å². The number of aromatic nitrogens is 2. The zero-order valence-electron chi connectivity index (χ0n) is 20.5. The van der Waals surface area contributed by atoms with Gasteiger partial charge < -0.3 is 24.4 Å². The van der Waals surface area contributed by atoms with Crippen LogP contribution in [0.4, 0.5) is 11.6 Å². The van der Waals surface area contributed by atoms with Crippen molar-refractivity contribution in [1.82, 2.24) is 9.97 Å². The van der Waals surface area contributed by atoms with Crippen LogP contribution in [0.25, 0.3) is 0 Å². The Bertz CT molecular complexity index is 1160. The number of aromatic carboxylic acids is 1. The van der Waals surface area contributed by atoms with Gasteiger partial charge in [-0.05, 0) is 56.0 Å². The van der Waals surface area contributed by atoms with E-state index in [1.807, 2.05) is 43.4 Å². The molecule has 3 aromatic rings. The molecule has 1 aromatic heterocycles. The minimum absolute atomic E-state index is 0.0211. The Labute approximate surface area is 206 Å². The molecule has 35 heavy (non-hydrogen) atoms. The number of ether oxygens (including phenoxy) is 2. The average Bonchev–Trinajstić information content (AvgIpc) is 3.38. The first-order chi connectivity index (χ1) is 17.0. The van der Waals surface area contributed by atoms with Crippen molar-refractivity contribution in [3.05, 3.63) is 71.5 Å². The van der Waals surface area contributed by atoms with E-state index in [2.05, 4.69) is 26.9 Å². The Morgan fingerprint density at radius 2 is 1.97 bits per heavy atom. The summed E-state index contributed by atoms with van der Waals surface area (Å²) in [6, 6.07) is 15.9. The highest BCUT2D eigenvalue weighted by atomic mass is 16.5. The molecule has 2 heterocycles. The van der Waals surface area contributed by atoms with Crippen molar-refractivity contribution in [1.29, 1.82) is 0 Å². The molecule has 0 aliphatic carbocycles. The molecular weight excluding hydrogens is 444 g/mol. The maximum atomic E-state index is 11.9. The van der Waals surface area contributed by atoms with E-state index in [1.54, 1.807) is 14.2 Å². The van der Waals surface area contributed by atoms with Gasteiger partial charge in [-0.3, -0.25) is 0 Å². The van der Waals surface area contributed by atoms with Gasteiger partial charge in [0.2, 0.25) is 5.95 Å². The highest BCUT2D eigenvalue weighted by Crippen LogP contribution is 2.40. The molecule has 0 amide bonds. The number of rotatable bonds is 10. The van der Waals surface area contributed by atoms with E-state index in [-0.39, 0.29) is 11.6 Å². The molecular formula is C27H32N4O4. The van der Waals surface area contributed by atoms with E-state index in [4.69, 9.17) is 14.5 Å². The number of benzene rings is 2. The Morgan fingerprint density at radius 1 is 1.17 bits per heavy atom. The molecule has 184 valence electrons. The first kappa shape index (κ1) is 24.3. The molecule has 0 bridgehead atoms. The zero-order chi connectivity index (χ0) is 24.8. The van der Waals surface area contributed by atoms with E-state index in [1.165, 1.54) is 6.20 Å². The fourth-order valence-corrected chi connectivity index (χ4v) is 4.64. The molecule has 0 saturated carbocycles. The van der Waals surface area contributed by atoms with Crippen LogP contribution >= 0.6 is 0 Å². The molecule has 2 aromatic carbocycles. The van der Waals surface area contributed by atoms with E-state index >= 15 is 0 Å². The fraction of sp³-hybridized carbons (Fsp3) is 0.370. The highest BCUT2D eigenvalue weighted by Gasteiger charge is 2.31. The van der Waals surface area contributed by atoms with Gasteiger partial charge in [-0.2, -0.15) is 0 Å². The number of carbonyl (C=O) groups is 1. The molecule has 1 fully saturated rings. The van der Waals surface area contributed by atoms with E-state index in [0.717, 1.165) is 55.1 Å². The Morgan fingerprint density at radius 3 is 2.69 bits per heavy atom. The molecule has 1 saturated heterocycles. The Hall–Kier alpha value is -3.81. The van der Waals surface area contributed by atoms with Crippen LogP contribution in [0.2, 0.25) is 0 Å². The quantitative estimate of drug-likeness (QED) is 0.454. The van der Waals surface area contributed by atoms with Crippen molar-refractivity contribution in [2.45, 2.75) is 31.7 Å². The summed E-state index contributed by atoms with van der Waals surface area (Å²) in [6.45, 7) is 1.57. The van der Waals surface area contributed by atoms with Gasteiger partial charge in [0.15, 0.2) is 0 Å². The van der Waals surface area contributed by atoms with Crippen molar-refractivity contribution >= 4 is 17.6 Å². The van der Waals surface area contributed by atoms with Crippen molar-refractivity contribution in [2.24, 2.45) is 0 Å². The van der Waals surface area contributed by atoms with Crippen LogP contribution in [0.5, 0.6) is 11.5 Å². The molecule has 1 aliphatic rings. The lowest BCUT2D eigenvalue weighted by Gasteiger charge is -2.27. The van der Waals surface area contributed by atoms with Crippen LogP contribution in [0, 0.1) is 0 Å². The summed E-state index contributed by atoms with van der Waals surface area (Å²) in [7, 11) is 5.34. The number of aryl methyl sites for hydroxylation is 1. The summed E-state index contributed by atoms with van der Waals surface area (Å²) in [5.41, 5.74) is 2.86.